The van der Waals surface area contributed by atoms with E-state index in [0.29, 0.717) is 28.4 Å². The third-order valence-corrected chi connectivity index (χ3v) is 6.34. The highest BCUT2D eigenvalue weighted by atomic mass is 79.9. The fourth-order valence-electron chi connectivity index (χ4n) is 2.03. The summed E-state index contributed by atoms with van der Waals surface area (Å²) in [6.45, 7) is 3.37. The Kier molecular flexibility index (Phi) is 5.14. The van der Waals surface area contributed by atoms with Crippen LogP contribution in [0, 0.1) is 0 Å². The number of nitrogens with one attached hydrogen (secondary N) is 1. The predicted octanol–water partition coefficient (Wildman–Crippen LogP) is 1.59. The first-order chi connectivity index (χ1) is 9.45. The number of anilines is 2. The van der Waals surface area contributed by atoms with E-state index in [1.165, 1.54) is 12.6 Å². The van der Waals surface area contributed by atoms with Crippen molar-refractivity contribution in [3.8, 4) is 0 Å². The van der Waals surface area contributed by atoms with Gasteiger partial charge in [-0.2, -0.15) is 11.8 Å². The number of aromatic nitrogens is 2. The normalized spacial score (nSPS) is 19.9. The third kappa shape index (κ3) is 3.37. The predicted molar refractivity (Wildman–Crippen MR) is 87.2 cm³/mol. The molecule has 0 radical (unpaired) electrons. The van der Waals surface area contributed by atoms with E-state index in [1.54, 1.807) is 11.8 Å². The Balaban J connectivity index is 2.40. The lowest BCUT2D eigenvalue weighted by Gasteiger charge is -2.35. The molecule has 20 heavy (non-hydrogen) atoms. The molecule has 6 nitrogen and oxygen atoms in total. The molecule has 2 heterocycles. The van der Waals surface area contributed by atoms with Gasteiger partial charge in [-0.15, -0.1) is 0 Å². The zero-order chi connectivity index (χ0) is 14.8. The van der Waals surface area contributed by atoms with Crippen LogP contribution in [-0.2, 0) is 9.84 Å². The molecule has 1 N–H and O–H groups in total. The number of halogens is 1. The van der Waals surface area contributed by atoms with Crippen LogP contribution in [0.15, 0.2) is 10.8 Å². The second kappa shape index (κ2) is 6.48. The van der Waals surface area contributed by atoms with Gasteiger partial charge < -0.3 is 10.2 Å². The van der Waals surface area contributed by atoms with Gasteiger partial charge in [0.2, 0.25) is 0 Å². The van der Waals surface area contributed by atoms with Crippen LogP contribution in [0.5, 0.6) is 0 Å². The average Bonchev–Trinajstić information content (AvgIpc) is 2.40. The van der Waals surface area contributed by atoms with Gasteiger partial charge in [-0.1, -0.05) is 0 Å². The van der Waals surface area contributed by atoms with Gasteiger partial charge in [-0.05, 0) is 22.9 Å². The van der Waals surface area contributed by atoms with Gasteiger partial charge in [-0.3, -0.25) is 0 Å². The van der Waals surface area contributed by atoms with E-state index in [1.807, 2.05) is 11.8 Å². The van der Waals surface area contributed by atoms with E-state index in [-0.39, 0.29) is 0 Å². The third-order valence-electron chi connectivity index (χ3n) is 2.97. The van der Waals surface area contributed by atoms with Crippen LogP contribution < -0.4 is 10.2 Å². The van der Waals surface area contributed by atoms with Crippen LogP contribution in [-0.4, -0.2) is 54.6 Å². The number of nitrogens with zero attached hydrogens (tertiary/aromatic N) is 3. The monoisotopic (exact) mass is 380 g/mol. The van der Waals surface area contributed by atoms with Gasteiger partial charge in [0.05, 0.1) is 0 Å². The second-order valence-electron chi connectivity index (χ2n) is 4.44. The highest BCUT2D eigenvalue weighted by Gasteiger charge is 2.33. The molecule has 1 aliphatic heterocycles. The minimum atomic E-state index is -3.16. The van der Waals surface area contributed by atoms with Gasteiger partial charge in [0.1, 0.15) is 27.8 Å². The molecule has 1 aliphatic rings. The first-order valence-corrected chi connectivity index (χ1v) is 10.1. The Morgan fingerprint density at radius 2 is 2.30 bits per heavy atom. The highest BCUT2D eigenvalue weighted by molar-refractivity contribution is 9.10. The maximum atomic E-state index is 12.0. The summed E-state index contributed by atoms with van der Waals surface area (Å²) < 4.78 is 24.6. The van der Waals surface area contributed by atoms with Crippen LogP contribution in [0.3, 0.4) is 0 Å². The summed E-state index contributed by atoms with van der Waals surface area (Å²) in [5.74, 6) is 2.76. The van der Waals surface area contributed by atoms with E-state index < -0.39 is 15.2 Å². The molecule has 0 amide bonds. The van der Waals surface area contributed by atoms with Crippen LogP contribution in [0.4, 0.5) is 11.6 Å². The molecular formula is C11H17BrN4O2S2. The zero-order valence-corrected chi connectivity index (χ0v) is 14.6. The molecule has 1 fully saturated rings. The van der Waals surface area contributed by atoms with Crippen LogP contribution in [0.2, 0.25) is 0 Å². The van der Waals surface area contributed by atoms with Gasteiger partial charge in [0, 0.05) is 30.9 Å². The molecule has 2 rings (SSSR count). The molecule has 0 aliphatic carbocycles. The van der Waals surface area contributed by atoms with E-state index in [2.05, 4.69) is 31.2 Å². The van der Waals surface area contributed by atoms with Crippen LogP contribution >= 0.6 is 27.7 Å². The van der Waals surface area contributed by atoms with Gasteiger partial charge in [-0.25, -0.2) is 18.4 Å². The summed E-state index contributed by atoms with van der Waals surface area (Å²) in [4.78, 5) is 10.3. The molecule has 1 atom stereocenters. The molecule has 1 aromatic heterocycles. The first kappa shape index (κ1) is 15.8. The smallest absolute Gasteiger partial charge is 0.169 e. The summed E-state index contributed by atoms with van der Waals surface area (Å²) in [6, 6.07) is 0. The zero-order valence-electron chi connectivity index (χ0n) is 11.3. The van der Waals surface area contributed by atoms with Gasteiger partial charge in [0.15, 0.2) is 9.84 Å². The largest absolute Gasteiger partial charge is 0.369 e. The fraction of sp³-hybridized carbons (Fsp3) is 0.636. The Labute approximate surface area is 131 Å². The molecule has 0 aromatic carbocycles. The molecule has 9 heteroatoms. The number of hydrogen-bond acceptors (Lipinski definition) is 7. The summed E-state index contributed by atoms with van der Waals surface area (Å²) in [5.41, 5.74) is 0. The van der Waals surface area contributed by atoms with Crippen molar-refractivity contribution in [2.45, 2.75) is 12.3 Å². The van der Waals surface area contributed by atoms with Gasteiger partial charge in [0.25, 0.3) is 0 Å². The van der Waals surface area contributed by atoms with Crippen LogP contribution in [0.1, 0.15) is 6.92 Å². The lowest BCUT2D eigenvalue weighted by atomic mass is 10.4. The molecule has 1 saturated heterocycles. The average molecular weight is 381 g/mol. The fourth-order valence-corrected chi connectivity index (χ4v) is 5.42. The molecule has 0 saturated carbocycles. The molecule has 1 aromatic rings. The van der Waals surface area contributed by atoms with E-state index in [9.17, 15) is 8.42 Å². The standard InChI is InChI=1S/C11H17BrN4O2S2/c1-3-13-10-9(12)11(15-7-14-10)16-4-5-19-6-8(16)20(2,17)18/h7-8H,3-6H2,1-2H3,(H,13,14,15). The number of rotatable bonds is 4. The van der Waals surface area contributed by atoms with Crippen molar-refractivity contribution >= 4 is 49.2 Å². The van der Waals surface area contributed by atoms with Crippen molar-refractivity contribution in [2.24, 2.45) is 0 Å². The Morgan fingerprint density at radius 3 is 2.95 bits per heavy atom. The van der Waals surface area contributed by atoms with E-state index in [0.717, 1.165) is 12.3 Å². The number of thioether (sulfide) groups is 1. The van der Waals surface area contributed by atoms with Crippen molar-refractivity contribution in [1.29, 1.82) is 0 Å². The summed E-state index contributed by atoms with van der Waals surface area (Å²) >= 11 is 5.13. The van der Waals surface area contributed by atoms with Crippen molar-refractivity contribution < 1.29 is 8.42 Å². The topological polar surface area (TPSA) is 75.2 Å². The number of sulfone groups is 1. The minimum Gasteiger partial charge on any atom is -0.369 e. The summed E-state index contributed by atoms with van der Waals surface area (Å²) in [5, 5.41) is 2.59. The van der Waals surface area contributed by atoms with Crippen molar-refractivity contribution in [3.63, 3.8) is 0 Å². The molecule has 0 spiro atoms. The minimum absolute atomic E-state index is 0.540. The molecule has 112 valence electrons. The van der Waals surface area contributed by atoms with Crippen LogP contribution in [0.25, 0.3) is 0 Å². The highest BCUT2D eigenvalue weighted by Crippen LogP contribution is 2.33. The lowest BCUT2D eigenvalue weighted by Crippen LogP contribution is -2.47. The van der Waals surface area contributed by atoms with Crippen molar-refractivity contribution in [1.82, 2.24) is 9.97 Å². The maximum absolute atomic E-state index is 12.0. The van der Waals surface area contributed by atoms with Crippen molar-refractivity contribution in [3.05, 3.63) is 10.8 Å². The quantitative estimate of drug-likeness (QED) is 0.849. The van der Waals surface area contributed by atoms with E-state index in [4.69, 9.17) is 0 Å². The Hall–Kier alpha value is -0.540. The molecular weight excluding hydrogens is 364 g/mol. The summed E-state index contributed by atoms with van der Waals surface area (Å²) in [6.07, 6.45) is 2.73. The Morgan fingerprint density at radius 1 is 1.55 bits per heavy atom. The lowest BCUT2D eigenvalue weighted by molar-refractivity contribution is 0.583. The SMILES string of the molecule is CCNc1ncnc(N2CCSCC2S(C)(=O)=O)c1Br. The molecule has 0 bridgehead atoms. The summed E-state index contributed by atoms with van der Waals surface area (Å²) in [7, 11) is -3.16. The van der Waals surface area contributed by atoms with E-state index >= 15 is 0 Å². The van der Waals surface area contributed by atoms with Gasteiger partial charge >= 0.3 is 0 Å². The Bertz CT molecular complexity index is 582. The second-order valence-corrected chi connectivity index (χ2v) is 8.59. The number of hydrogen-bond donors (Lipinski definition) is 1. The maximum Gasteiger partial charge on any atom is 0.169 e. The molecule has 1 unspecified atom stereocenters. The van der Waals surface area contributed by atoms with Crippen molar-refractivity contribution in [2.75, 3.05) is 41.1 Å². The first-order valence-electron chi connectivity index (χ1n) is 6.22.